The minimum Gasteiger partial charge on any atom is -0.493 e. The third kappa shape index (κ3) is 5.07. The van der Waals surface area contributed by atoms with E-state index in [0.717, 1.165) is 5.56 Å². The van der Waals surface area contributed by atoms with E-state index in [1.165, 1.54) is 0 Å². The van der Waals surface area contributed by atoms with Gasteiger partial charge in [0.15, 0.2) is 11.5 Å². The molecule has 0 unspecified atom stereocenters. The lowest BCUT2D eigenvalue weighted by Gasteiger charge is -2.12. The number of methoxy groups -OCH3 is 1. The van der Waals surface area contributed by atoms with Gasteiger partial charge in [0, 0.05) is 0 Å². The molecule has 0 saturated carbocycles. The van der Waals surface area contributed by atoms with Crippen LogP contribution in [0.3, 0.4) is 0 Å². The van der Waals surface area contributed by atoms with E-state index < -0.39 is 0 Å². The van der Waals surface area contributed by atoms with Crippen LogP contribution < -0.4 is 20.1 Å². The number of halogens is 1. The molecule has 122 valence electrons. The average Bonchev–Trinajstić information content (AvgIpc) is 2.54. The third-order valence-electron chi connectivity index (χ3n) is 3.09. The van der Waals surface area contributed by atoms with Crippen molar-refractivity contribution in [3.05, 3.63) is 53.1 Å². The van der Waals surface area contributed by atoms with Crippen molar-refractivity contribution in [3.63, 3.8) is 0 Å². The molecule has 0 fully saturated rings. The molecule has 2 aromatic rings. The first kappa shape index (κ1) is 17.0. The molecule has 0 saturated heterocycles. The van der Waals surface area contributed by atoms with Crippen molar-refractivity contribution in [2.24, 2.45) is 0 Å². The Labute approximate surface area is 140 Å². The predicted octanol–water partition coefficient (Wildman–Crippen LogP) is 3.86. The average molecular weight is 335 g/mol. The van der Waals surface area contributed by atoms with E-state index in [9.17, 15) is 4.79 Å². The molecule has 2 rings (SSSR count). The quantitative estimate of drug-likeness (QED) is 0.789. The Morgan fingerprint density at radius 3 is 2.70 bits per heavy atom. The Morgan fingerprint density at radius 1 is 1.17 bits per heavy atom. The van der Waals surface area contributed by atoms with Gasteiger partial charge in [-0.05, 0) is 36.8 Å². The fourth-order valence-corrected chi connectivity index (χ4v) is 2.13. The molecule has 0 bridgehead atoms. The number of anilines is 1. The number of nitrogens with one attached hydrogen (secondary N) is 2. The third-order valence-corrected chi connectivity index (χ3v) is 3.42. The number of para-hydroxylation sites is 1. The molecule has 0 heterocycles. The van der Waals surface area contributed by atoms with E-state index >= 15 is 0 Å². The van der Waals surface area contributed by atoms with E-state index in [1.807, 2.05) is 25.1 Å². The zero-order valence-corrected chi connectivity index (χ0v) is 13.8. The second-order valence-corrected chi connectivity index (χ2v) is 5.27. The molecule has 6 heteroatoms. The van der Waals surface area contributed by atoms with E-state index in [2.05, 4.69) is 10.6 Å². The maximum Gasteiger partial charge on any atom is 0.319 e. The lowest BCUT2D eigenvalue weighted by Crippen LogP contribution is -2.32. The minimum absolute atomic E-state index is 0.329. The fraction of sp³-hybridized carbons (Fsp3) is 0.235. The van der Waals surface area contributed by atoms with Crippen LogP contribution in [0.15, 0.2) is 42.5 Å². The van der Waals surface area contributed by atoms with Gasteiger partial charge in [-0.3, -0.25) is 0 Å². The Hall–Kier alpha value is -2.40. The molecular formula is C17H19ClN2O3. The van der Waals surface area contributed by atoms with E-state index in [-0.39, 0.29) is 6.03 Å². The van der Waals surface area contributed by atoms with Gasteiger partial charge in [-0.25, -0.2) is 4.79 Å². The van der Waals surface area contributed by atoms with Gasteiger partial charge >= 0.3 is 6.03 Å². The molecule has 2 aromatic carbocycles. The van der Waals surface area contributed by atoms with Crippen molar-refractivity contribution in [1.82, 2.24) is 5.32 Å². The van der Waals surface area contributed by atoms with Crippen molar-refractivity contribution in [2.75, 3.05) is 25.6 Å². The zero-order chi connectivity index (χ0) is 16.7. The van der Waals surface area contributed by atoms with Crippen LogP contribution >= 0.6 is 11.6 Å². The van der Waals surface area contributed by atoms with E-state index in [4.69, 9.17) is 21.1 Å². The summed E-state index contributed by atoms with van der Waals surface area (Å²) in [6.45, 7) is 2.66. The largest absolute Gasteiger partial charge is 0.493 e. The fourth-order valence-electron chi connectivity index (χ4n) is 1.95. The van der Waals surface area contributed by atoms with Gasteiger partial charge in [0.05, 0.1) is 24.4 Å². The molecule has 0 aromatic heterocycles. The summed E-state index contributed by atoms with van der Waals surface area (Å²) in [6, 6.07) is 12.4. The number of carbonyl (C=O) groups excluding carboxylic acids is 1. The molecule has 0 atom stereocenters. The van der Waals surface area contributed by atoms with Crippen LogP contribution in [0.4, 0.5) is 10.5 Å². The summed E-state index contributed by atoms with van der Waals surface area (Å²) in [7, 11) is 1.59. The number of carbonyl (C=O) groups is 1. The summed E-state index contributed by atoms with van der Waals surface area (Å²) in [5.74, 6) is 1.32. The van der Waals surface area contributed by atoms with Gasteiger partial charge in [0.25, 0.3) is 0 Å². The smallest absolute Gasteiger partial charge is 0.319 e. The number of amides is 2. The van der Waals surface area contributed by atoms with Crippen LogP contribution in [0.1, 0.15) is 5.56 Å². The van der Waals surface area contributed by atoms with Crippen LogP contribution in [0.2, 0.25) is 5.02 Å². The molecule has 0 aliphatic heterocycles. The lowest BCUT2D eigenvalue weighted by atomic mass is 10.2. The van der Waals surface area contributed by atoms with Crippen LogP contribution in [0.25, 0.3) is 0 Å². The SMILES string of the molecule is COc1cc(C)ccc1OCCNC(=O)Nc1ccccc1Cl. The highest BCUT2D eigenvalue weighted by molar-refractivity contribution is 6.33. The first-order chi connectivity index (χ1) is 11.1. The molecule has 2 N–H and O–H groups in total. The summed E-state index contributed by atoms with van der Waals surface area (Å²) >= 11 is 5.97. The number of rotatable bonds is 6. The number of benzene rings is 2. The maximum absolute atomic E-state index is 11.8. The van der Waals surface area contributed by atoms with Gasteiger partial charge in [0.2, 0.25) is 0 Å². The Bertz CT molecular complexity index is 677. The molecule has 0 aliphatic carbocycles. The predicted molar refractivity (Wildman–Crippen MR) is 91.7 cm³/mol. The van der Waals surface area contributed by atoms with E-state index in [0.29, 0.717) is 35.4 Å². The van der Waals surface area contributed by atoms with Gasteiger partial charge in [-0.2, -0.15) is 0 Å². The van der Waals surface area contributed by atoms with Crippen LogP contribution in [-0.4, -0.2) is 26.3 Å². The standard InChI is InChI=1S/C17H19ClN2O3/c1-12-7-8-15(16(11-12)22-2)23-10-9-19-17(21)20-14-6-4-3-5-13(14)18/h3-8,11H,9-10H2,1-2H3,(H2,19,20,21). The highest BCUT2D eigenvalue weighted by Crippen LogP contribution is 2.27. The van der Waals surface area contributed by atoms with Crippen molar-refractivity contribution in [1.29, 1.82) is 0 Å². The highest BCUT2D eigenvalue weighted by atomic mass is 35.5. The van der Waals surface area contributed by atoms with Gasteiger partial charge in [0.1, 0.15) is 6.61 Å². The van der Waals surface area contributed by atoms with E-state index in [1.54, 1.807) is 31.4 Å². The first-order valence-corrected chi connectivity index (χ1v) is 7.55. The lowest BCUT2D eigenvalue weighted by molar-refractivity contribution is 0.246. The Morgan fingerprint density at radius 2 is 1.96 bits per heavy atom. The van der Waals surface area contributed by atoms with Gasteiger partial charge < -0.3 is 20.1 Å². The molecule has 5 nitrogen and oxygen atoms in total. The maximum atomic E-state index is 11.8. The van der Waals surface area contributed by atoms with Crippen LogP contribution in [0, 0.1) is 6.92 Å². The van der Waals surface area contributed by atoms with Crippen molar-refractivity contribution >= 4 is 23.3 Å². The minimum atomic E-state index is -0.336. The van der Waals surface area contributed by atoms with Gasteiger partial charge in [-0.15, -0.1) is 0 Å². The normalized spacial score (nSPS) is 10.0. The molecule has 0 aliphatic rings. The topological polar surface area (TPSA) is 59.6 Å². The van der Waals surface area contributed by atoms with Crippen molar-refractivity contribution in [3.8, 4) is 11.5 Å². The second kappa shape index (κ2) is 8.29. The monoisotopic (exact) mass is 334 g/mol. The number of hydrogen-bond acceptors (Lipinski definition) is 3. The summed E-state index contributed by atoms with van der Waals surface area (Å²) in [6.07, 6.45) is 0. The second-order valence-electron chi connectivity index (χ2n) is 4.86. The summed E-state index contributed by atoms with van der Waals surface area (Å²) < 4.78 is 10.9. The number of urea groups is 1. The number of aryl methyl sites for hydroxylation is 1. The molecule has 23 heavy (non-hydrogen) atoms. The Kier molecular flexibility index (Phi) is 6.11. The molecule has 0 radical (unpaired) electrons. The zero-order valence-electron chi connectivity index (χ0n) is 13.1. The number of ether oxygens (including phenoxy) is 2. The first-order valence-electron chi connectivity index (χ1n) is 7.17. The highest BCUT2D eigenvalue weighted by Gasteiger charge is 2.06. The Balaban J connectivity index is 1.77. The van der Waals surface area contributed by atoms with Crippen LogP contribution in [0.5, 0.6) is 11.5 Å². The summed E-state index contributed by atoms with van der Waals surface area (Å²) in [5, 5.41) is 5.87. The van der Waals surface area contributed by atoms with Crippen molar-refractivity contribution < 1.29 is 14.3 Å². The van der Waals surface area contributed by atoms with Gasteiger partial charge in [-0.1, -0.05) is 29.8 Å². The van der Waals surface area contributed by atoms with Crippen LogP contribution in [-0.2, 0) is 0 Å². The van der Waals surface area contributed by atoms with Crippen molar-refractivity contribution in [2.45, 2.75) is 6.92 Å². The summed E-state index contributed by atoms with van der Waals surface area (Å²) in [5.41, 5.74) is 1.65. The number of hydrogen-bond donors (Lipinski definition) is 2. The molecule has 2 amide bonds. The molecule has 0 spiro atoms. The summed E-state index contributed by atoms with van der Waals surface area (Å²) in [4.78, 5) is 11.8. The molecular weight excluding hydrogens is 316 g/mol.